The first kappa shape index (κ1) is 15.8. The first-order valence-corrected chi connectivity index (χ1v) is 9.51. The van der Waals surface area contributed by atoms with Crippen molar-refractivity contribution < 1.29 is 5.11 Å². The fraction of sp³-hybridized carbons (Fsp3) is 1.00. The number of aliphatic hydroxyl groups excluding tert-OH is 1. The molecule has 3 saturated carbocycles. The van der Waals surface area contributed by atoms with Crippen LogP contribution in [0, 0.1) is 40.4 Å². The summed E-state index contributed by atoms with van der Waals surface area (Å²) in [5, 5.41) is 10.0. The highest BCUT2D eigenvalue weighted by Gasteiger charge is 2.56. The van der Waals surface area contributed by atoms with Crippen LogP contribution in [-0.2, 0) is 0 Å². The zero-order valence-corrected chi connectivity index (χ0v) is 14.7. The molecular formula is C20H36O. The summed E-state index contributed by atoms with van der Waals surface area (Å²) in [6, 6.07) is 0. The molecule has 1 nitrogen and oxygen atoms in total. The van der Waals surface area contributed by atoms with Crippen LogP contribution in [0.4, 0.5) is 0 Å². The molecule has 0 aromatic carbocycles. The maximum Gasteiger partial charge on any atom is 0.0487 e. The fourth-order valence-corrected chi connectivity index (χ4v) is 6.80. The van der Waals surface area contributed by atoms with Gasteiger partial charge in [-0.15, -0.1) is 0 Å². The van der Waals surface area contributed by atoms with Crippen LogP contribution in [0.1, 0.15) is 79.1 Å². The molecule has 3 aliphatic rings. The summed E-state index contributed by atoms with van der Waals surface area (Å²) in [6.07, 6.45) is 11.2. The van der Waals surface area contributed by atoms with E-state index >= 15 is 0 Å². The molecule has 0 spiro atoms. The topological polar surface area (TPSA) is 20.2 Å². The molecule has 6 atom stereocenters. The van der Waals surface area contributed by atoms with Crippen molar-refractivity contribution >= 4 is 0 Å². The van der Waals surface area contributed by atoms with E-state index in [1.165, 1.54) is 51.4 Å². The maximum atomic E-state index is 10.0. The van der Waals surface area contributed by atoms with Crippen molar-refractivity contribution in [3.63, 3.8) is 0 Å². The van der Waals surface area contributed by atoms with E-state index in [9.17, 15) is 5.11 Å². The highest BCUT2D eigenvalue weighted by Crippen LogP contribution is 2.64. The Morgan fingerprint density at radius 2 is 1.81 bits per heavy atom. The van der Waals surface area contributed by atoms with E-state index in [1.807, 2.05) is 0 Å². The lowest BCUT2D eigenvalue weighted by Crippen LogP contribution is -2.54. The quantitative estimate of drug-likeness (QED) is 0.734. The predicted molar refractivity (Wildman–Crippen MR) is 89.0 cm³/mol. The minimum Gasteiger partial charge on any atom is -0.396 e. The largest absolute Gasteiger partial charge is 0.396 e. The van der Waals surface area contributed by atoms with E-state index < -0.39 is 0 Å². The summed E-state index contributed by atoms with van der Waals surface area (Å²) in [7, 11) is 0. The normalized spacial score (nSPS) is 50.6. The molecule has 0 unspecified atom stereocenters. The van der Waals surface area contributed by atoms with Gasteiger partial charge in [0, 0.05) is 6.61 Å². The molecule has 3 rings (SSSR count). The molecule has 3 aliphatic carbocycles. The lowest BCUT2D eigenvalue weighted by Gasteiger charge is -2.61. The van der Waals surface area contributed by atoms with E-state index in [0.717, 1.165) is 29.6 Å². The second-order valence-corrected chi connectivity index (χ2v) is 9.49. The van der Waals surface area contributed by atoms with Crippen LogP contribution in [0.15, 0.2) is 0 Å². The van der Waals surface area contributed by atoms with Crippen LogP contribution < -0.4 is 0 Å². The SMILES string of the molecule is CC(C)[C@@H]1CC[C@@H]2[C@H](CC[C@@H]3[C@@](C)(CO)CCC[C@]23C)C1. The standard InChI is InChI=1S/C20H36O/c1-14(2)15-6-8-17-16(12-15)7-9-18-19(3,13-21)10-5-11-20(17,18)4/h14-18,21H,5-13H2,1-4H3/t15-,16-,17-,18-,19-,20-/m1/s1. The van der Waals surface area contributed by atoms with Gasteiger partial charge in [0.15, 0.2) is 0 Å². The molecule has 0 radical (unpaired) electrons. The molecular weight excluding hydrogens is 256 g/mol. The Bertz CT molecular complexity index is 376. The zero-order chi connectivity index (χ0) is 15.3. The van der Waals surface area contributed by atoms with E-state index in [1.54, 1.807) is 0 Å². The fourth-order valence-electron chi connectivity index (χ4n) is 6.80. The van der Waals surface area contributed by atoms with Gasteiger partial charge in [0.05, 0.1) is 0 Å². The summed E-state index contributed by atoms with van der Waals surface area (Å²) in [4.78, 5) is 0. The zero-order valence-electron chi connectivity index (χ0n) is 14.7. The van der Waals surface area contributed by atoms with Gasteiger partial charge in [0.2, 0.25) is 0 Å². The first-order valence-electron chi connectivity index (χ1n) is 9.51. The third kappa shape index (κ3) is 2.48. The third-order valence-corrected chi connectivity index (χ3v) is 8.10. The minimum absolute atomic E-state index is 0.201. The molecule has 0 amide bonds. The van der Waals surface area contributed by atoms with Crippen molar-refractivity contribution in [1.82, 2.24) is 0 Å². The number of hydrogen-bond acceptors (Lipinski definition) is 1. The van der Waals surface area contributed by atoms with Crippen molar-refractivity contribution in [2.24, 2.45) is 40.4 Å². The van der Waals surface area contributed by atoms with E-state index in [2.05, 4.69) is 27.7 Å². The van der Waals surface area contributed by atoms with Gasteiger partial charge in [-0.3, -0.25) is 0 Å². The monoisotopic (exact) mass is 292 g/mol. The van der Waals surface area contributed by atoms with Crippen LogP contribution in [0.25, 0.3) is 0 Å². The van der Waals surface area contributed by atoms with Crippen LogP contribution in [0.2, 0.25) is 0 Å². The van der Waals surface area contributed by atoms with Crippen molar-refractivity contribution in [2.45, 2.75) is 79.1 Å². The Kier molecular flexibility index (Phi) is 4.19. The molecule has 0 bridgehead atoms. The summed E-state index contributed by atoms with van der Waals surface area (Å²) in [5.41, 5.74) is 0.716. The van der Waals surface area contributed by atoms with Gasteiger partial charge in [-0.2, -0.15) is 0 Å². The van der Waals surface area contributed by atoms with Crippen LogP contribution in [0.5, 0.6) is 0 Å². The first-order chi connectivity index (χ1) is 9.90. The summed E-state index contributed by atoms with van der Waals surface area (Å²) < 4.78 is 0. The third-order valence-electron chi connectivity index (χ3n) is 8.10. The molecule has 122 valence electrons. The van der Waals surface area contributed by atoms with E-state index in [4.69, 9.17) is 0 Å². The van der Waals surface area contributed by atoms with Crippen LogP contribution in [0.3, 0.4) is 0 Å². The summed E-state index contributed by atoms with van der Waals surface area (Å²) >= 11 is 0. The average Bonchev–Trinajstić information content (AvgIpc) is 2.46. The summed E-state index contributed by atoms with van der Waals surface area (Å²) in [5.74, 6) is 4.52. The molecule has 0 aromatic heterocycles. The molecule has 1 heteroatoms. The average molecular weight is 293 g/mol. The smallest absolute Gasteiger partial charge is 0.0487 e. The van der Waals surface area contributed by atoms with Crippen molar-refractivity contribution in [3.8, 4) is 0 Å². The Labute approximate surface area is 131 Å². The van der Waals surface area contributed by atoms with Crippen LogP contribution in [-0.4, -0.2) is 11.7 Å². The minimum atomic E-state index is 0.201. The molecule has 21 heavy (non-hydrogen) atoms. The van der Waals surface area contributed by atoms with Gasteiger partial charge in [0.25, 0.3) is 0 Å². The summed E-state index contributed by atoms with van der Waals surface area (Å²) in [6.45, 7) is 10.2. The Morgan fingerprint density at radius 1 is 1.05 bits per heavy atom. The molecule has 0 aliphatic heterocycles. The molecule has 3 fully saturated rings. The molecule has 1 N–H and O–H groups in total. The Morgan fingerprint density at radius 3 is 2.48 bits per heavy atom. The van der Waals surface area contributed by atoms with E-state index in [-0.39, 0.29) is 5.41 Å². The molecule has 0 saturated heterocycles. The van der Waals surface area contributed by atoms with Crippen LogP contribution >= 0.6 is 0 Å². The van der Waals surface area contributed by atoms with Gasteiger partial charge in [-0.05, 0) is 85.4 Å². The number of aliphatic hydroxyl groups is 1. The van der Waals surface area contributed by atoms with Gasteiger partial charge in [-0.25, -0.2) is 0 Å². The van der Waals surface area contributed by atoms with Gasteiger partial charge >= 0.3 is 0 Å². The number of hydrogen-bond donors (Lipinski definition) is 1. The van der Waals surface area contributed by atoms with Crippen molar-refractivity contribution in [3.05, 3.63) is 0 Å². The van der Waals surface area contributed by atoms with Gasteiger partial charge in [-0.1, -0.05) is 34.1 Å². The number of fused-ring (bicyclic) bond motifs is 3. The van der Waals surface area contributed by atoms with Gasteiger partial charge in [0.1, 0.15) is 0 Å². The van der Waals surface area contributed by atoms with Gasteiger partial charge < -0.3 is 5.11 Å². The van der Waals surface area contributed by atoms with Crippen molar-refractivity contribution in [2.75, 3.05) is 6.61 Å². The maximum absolute atomic E-state index is 10.0. The lowest BCUT2D eigenvalue weighted by atomic mass is 9.44. The molecule has 0 heterocycles. The van der Waals surface area contributed by atoms with Crippen molar-refractivity contribution in [1.29, 1.82) is 0 Å². The lowest BCUT2D eigenvalue weighted by molar-refractivity contribution is -0.135. The number of rotatable bonds is 2. The predicted octanol–water partition coefficient (Wildman–Crippen LogP) is 5.27. The highest BCUT2D eigenvalue weighted by atomic mass is 16.3. The Hall–Kier alpha value is -0.0400. The highest BCUT2D eigenvalue weighted by molar-refractivity contribution is 5.05. The second kappa shape index (κ2) is 5.55. The second-order valence-electron chi connectivity index (χ2n) is 9.49. The van der Waals surface area contributed by atoms with E-state index in [0.29, 0.717) is 12.0 Å². The Balaban J connectivity index is 1.82. The molecule has 0 aromatic rings.